The molecule has 1 heterocycles. The summed E-state index contributed by atoms with van der Waals surface area (Å²) in [5.41, 5.74) is 1.37. The molecule has 0 bridgehead atoms. The molecular weight excluding hydrogens is 224 g/mol. The third-order valence-corrected chi connectivity index (χ3v) is 3.55. The van der Waals surface area contributed by atoms with Crippen LogP contribution in [-0.4, -0.2) is 25.0 Å². The molecule has 0 aliphatic carbocycles. The number of nitrogens with one attached hydrogen (secondary N) is 2. The van der Waals surface area contributed by atoms with Crippen molar-refractivity contribution in [3.8, 4) is 0 Å². The molecule has 98 valence electrons. The number of hydrogen-bond acceptors (Lipinski definition) is 2. The molecule has 0 spiro atoms. The van der Waals surface area contributed by atoms with E-state index in [9.17, 15) is 4.79 Å². The molecule has 3 heteroatoms. The lowest BCUT2D eigenvalue weighted by atomic mass is 9.87. The highest BCUT2D eigenvalue weighted by molar-refractivity contribution is 5.81. The normalized spacial score (nSPS) is 23.6. The van der Waals surface area contributed by atoms with Crippen molar-refractivity contribution in [3.05, 3.63) is 35.9 Å². The van der Waals surface area contributed by atoms with E-state index >= 15 is 0 Å². The third-order valence-electron chi connectivity index (χ3n) is 3.55. The number of benzene rings is 1. The highest BCUT2D eigenvalue weighted by Crippen LogP contribution is 2.21. The van der Waals surface area contributed by atoms with E-state index in [0.29, 0.717) is 12.5 Å². The van der Waals surface area contributed by atoms with E-state index in [-0.39, 0.29) is 11.9 Å². The van der Waals surface area contributed by atoms with Crippen molar-refractivity contribution in [2.24, 2.45) is 5.92 Å². The van der Waals surface area contributed by atoms with E-state index in [4.69, 9.17) is 0 Å². The van der Waals surface area contributed by atoms with E-state index in [1.54, 1.807) is 0 Å². The molecule has 1 amide bonds. The Morgan fingerprint density at radius 3 is 2.89 bits per heavy atom. The summed E-state index contributed by atoms with van der Waals surface area (Å²) < 4.78 is 0. The maximum atomic E-state index is 11.8. The van der Waals surface area contributed by atoms with Crippen LogP contribution < -0.4 is 10.6 Å². The Morgan fingerprint density at radius 2 is 2.17 bits per heavy atom. The van der Waals surface area contributed by atoms with Crippen LogP contribution in [0.1, 0.15) is 25.3 Å². The fourth-order valence-corrected chi connectivity index (χ4v) is 2.63. The van der Waals surface area contributed by atoms with Gasteiger partial charge in [0.1, 0.15) is 0 Å². The SMILES string of the molecule is CCNC(=O)C1CC(Cc2ccccc2)CCN1. The Hall–Kier alpha value is -1.35. The average molecular weight is 246 g/mol. The van der Waals surface area contributed by atoms with Crippen LogP contribution in [0.5, 0.6) is 0 Å². The smallest absolute Gasteiger partial charge is 0.237 e. The monoisotopic (exact) mass is 246 g/mol. The first kappa shape index (κ1) is 13.1. The zero-order chi connectivity index (χ0) is 12.8. The van der Waals surface area contributed by atoms with Gasteiger partial charge in [0, 0.05) is 6.54 Å². The van der Waals surface area contributed by atoms with Crippen molar-refractivity contribution in [2.75, 3.05) is 13.1 Å². The van der Waals surface area contributed by atoms with Gasteiger partial charge in [-0.1, -0.05) is 30.3 Å². The summed E-state index contributed by atoms with van der Waals surface area (Å²) in [6.45, 7) is 3.61. The molecule has 1 aromatic carbocycles. The number of carbonyl (C=O) groups is 1. The summed E-state index contributed by atoms with van der Waals surface area (Å²) in [5.74, 6) is 0.761. The molecular formula is C15H22N2O. The van der Waals surface area contributed by atoms with Gasteiger partial charge in [-0.25, -0.2) is 0 Å². The number of amides is 1. The Bertz CT molecular complexity index is 377. The summed E-state index contributed by atoms with van der Waals surface area (Å²) >= 11 is 0. The Balaban J connectivity index is 1.89. The van der Waals surface area contributed by atoms with Gasteiger partial charge in [0.2, 0.25) is 5.91 Å². The molecule has 18 heavy (non-hydrogen) atoms. The molecule has 1 saturated heterocycles. The van der Waals surface area contributed by atoms with Gasteiger partial charge in [-0.3, -0.25) is 4.79 Å². The molecule has 1 aromatic rings. The predicted molar refractivity (Wildman–Crippen MR) is 73.3 cm³/mol. The number of carbonyl (C=O) groups excluding carboxylic acids is 1. The molecule has 2 unspecified atom stereocenters. The standard InChI is InChI=1S/C15H22N2O/c1-2-16-15(18)14-11-13(8-9-17-14)10-12-6-4-3-5-7-12/h3-7,13-14,17H,2,8-11H2,1H3,(H,16,18). The molecule has 0 radical (unpaired) electrons. The molecule has 3 nitrogen and oxygen atoms in total. The summed E-state index contributed by atoms with van der Waals surface area (Å²) in [4.78, 5) is 11.8. The minimum Gasteiger partial charge on any atom is -0.355 e. The minimum atomic E-state index is -0.00703. The van der Waals surface area contributed by atoms with Crippen molar-refractivity contribution < 1.29 is 4.79 Å². The predicted octanol–water partition coefficient (Wildman–Crippen LogP) is 1.73. The average Bonchev–Trinajstić information content (AvgIpc) is 2.40. The molecule has 0 aromatic heterocycles. The van der Waals surface area contributed by atoms with E-state index in [1.807, 2.05) is 13.0 Å². The highest BCUT2D eigenvalue weighted by Gasteiger charge is 2.26. The Kier molecular flexibility index (Phi) is 4.76. The summed E-state index contributed by atoms with van der Waals surface area (Å²) in [6, 6.07) is 10.5. The quantitative estimate of drug-likeness (QED) is 0.849. The second kappa shape index (κ2) is 6.55. The van der Waals surface area contributed by atoms with E-state index in [2.05, 4.69) is 34.9 Å². The highest BCUT2D eigenvalue weighted by atomic mass is 16.2. The van der Waals surface area contributed by atoms with Crippen molar-refractivity contribution in [1.29, 1.82) is 0 Å². The van der Waals surface area contributed by atoms with Gasteiger partial charge < -0.3 is 10.6 Å². The number of piperidine rings is 1. The number of likely N-dealkylation sites (N-methyl/N-ethyl adjacent to an activating group) is 1. The summed E-state index contributed by atoms with van der Waals surface area (Å²) in [5, 5.41) is 6.21. The van der Waals surface area contributed by atoms with Gasteiger partial charge in [0.15, 0.2) is 0 Å². The van der Waals surface area contributed by atoms with Crippen LogP contribution in [0.15, 0.2) is 30.3 Å². The Morgan fingerprint density at radius 1 is 1.39 bits per heavy atom. The fourth-order valence-electron chi connectivity index (χ4n) is 2.63. The van der Waals surface area contributed by atoms with Crippen LogP contribution in [0.3, 0.4) is 0 Å². The summed E-state index contributed by atoms with van der Waals surface area (Å²) in [7, 11) is 0. The maximum Gasteiger partial charge on any atom is 0.237 e. The summed E-state index contributed by atoms with van der Waals surface area (Å²) in [6.07, 6.45) is 3.18. The minimum absolute atomic E-state index is 0.00703. The number of hydrogen-bond donors (Lipinski definition) is 2. The second-order valence-corrected chi connectivity index (χ2v) is 4.98. The van der Waals surface area contributed by atoms with Crippen molar-refractivity contribution in [2.45, 2.75) is 32.2 Å². The van der Waals surface area contributed by atoms with Crippen LogP contribution in [0.4, 0.5) is 0 Å². The first-order chi connectivity index (χ1) is 8.79. The maximum absolute atomic E-state index is 11.8. The van der Waals surface area contributed by atoms with Gasteiger partial charge in [-0.2, -0.15) is 0 Å². The molecule has 2 N–H and O–H groups in total. The van der Waals surface area contributed by atoms with Gasteiger partial charge >= 0.3 is 0 Å². The van der Waals surface area contributed by atoms with Crippen molar-refractivity contribution >= 4 is 5.91 Å². The largest absolute Gasteiger partial charge is 0.355 e. The molecule has 1 aliphatic rings. The third kappa shape index (κ3) is 3.57. The zero-order valence-corrected chi connectivity index (χ0v) is 11.0. The van der Waals surface area contributed by atoms with Gasteiger partial charge in [0.05, 0.1) is 6.04 Å². The molecule has 2 atom stereocenters. The lowest BCUT2D eigenvalue weighted by molar-refractivity contribution is -0.123. The van der Waals surface area contributed by atoms with Crippen LogP contribution >= 0.6 is 0 Å². The van der Waals surface area contributed by atoms with Gasteiger partial charge in [-0.05, 0) is 44.2 Å². The van der Waals surface area contributed by atoms with Crippen LogP contribution in [0, 0.1) is 5.92 Å². The molecule has 1 aliphatic heterocycles. The van der Waals surface area contributed by atoms with Crippen LogP contribution in [0.25, 0.3) is 0 Å². The van der Waals surface area contributed by atoms with Crippen LogP contribution in [0.2, 0.25) is 0 Å². The van der Waals surface area contributed by atoms with Crippen molar-refractivity contribution in [1.82, 2.24) is 10.6 Å². The van der Waals surface area contributed by atoms with Crippen LogP contribution in [-0.2, 0) is 11.2 Å². The van der Waals surface area contributed by atoms with Gasteiger partial charge in [-0.15, -0.1) is 0 Å². The molecule has 2 rings (SSSR count). The molecule has 1 fully saturated rings. The van der Waals surface area contributed by atoms with E-state index in [0.717, 1.165) is 25.8 Å². The molecule has 0 saturated carbocycles. The number of rotatable bonds is 4. The zero-order valence-electron chi connectivity index (χ0n) is 11.0. The topological polar surface area (TPSA) is 41.1 Å². The van der Waals surface area contributed by atoms with Gasteiger partial charge in [0.25, 0.3) is 0 Å². The lowest BCUT2D eigenvalue weighted by Gasteiger charge is -2.29. The second-order valence-electron chi connectivity index (χ2n) is 4.98. The lowest BCUT2D eigenvalue weighted by Crippen LogP contribution is -2.48. The fraction of sp³-hybridized carbons (Fsp3) is 0.533. The first-order valence-corrected chi connectivity index (χ1v) is 6.84. The van der Waals surface area contributed by atoms with E-state index in [1.165, 1.54) is 5.56 Å². The first-order valence-electron chi connectivity index (χ1n) is 6.84. The van der Waals surface area contributed by atoms with Crippen molar-refractivity contribution in [3.63, 3.8) is 0 Å². The van der Waals surface area contributed by atoms with E-state index < -0.39 is 0 Å². The Labute approximate surface area is 109 Å².